The molecule has 1 aliphatic heterocycles. The van der Waals surface area contributed by atoms with Crippen LogP contribution in [-0.4, -0.2) is 39.8 Å². The third kappa shape index (κ3) is 4.65. The third-order valence-corrected chi connectivity index (χ3v) is 4.42. The van der Waals surface area contributed by atoms with Crippen LogP contribution in [0.3, 0.4) is 0 Å². The first-order valence-electron chi connectivity index (χ1n) is 8.40. The van der Waals surface area contributed by atoms with Crippen molar-refractivity contribution in [2.45, 2.75) is 25.8 Å². The Morgan fingerprint density at radius 2 is 2.32 bits per heavy atom. The van der Waals surface area contributed by atoms with Gasteiger partial charge < -0.3 is 15.2 Å². The summed E-state index contributed by atoms with van der Waals surface area (Å²) in [5, 5.41) is 2.85. The number of carbonyl (C=O) groups is 2. The average molecular weight is 344 g/mol. The van der Waals surface area contributed by atoms with Gasteiger partial charge in [-0.05, 0) is 30.5 Å². The van der Waals surface area contributed by atoms with Crippen LogP contribution in [0, 0.1) is 11.7 Å². The molecular weight excluding hydrogens is 323 g/mol. The molecule has 0 radical (unpaired) electrons. The lowest BCUT2D eigenvalue weighted by atomic mass is 9.96. The summed E-state index contributed by atoms with van der Waals surface area (Å²) in [6, 6.07) is 6.37. The number of nitrogens with zero attached hydrogens (tertiary/aromatic N) is 2. The van der Waals surface area contributed by atoms with Gasteiger partial charge in [-0.3, -0.25) is 9.59 Å². The number of piperidine rings is 1. The lowest BCUT2D eigenvalue weighted by molar-refractivity contribution is -0.138. The van der Waals surface area contributed by atoms with Crippen LogP contribution in [0.4, 0.5) is 4.39 Å². The number of benzene rings is 1. The lowest BCUT2D eigenvalue weighted by Gasteiger charge is -2.32. The van der Waals surface area contributed by atoms with Crippen molar-refractivity contribution in [3.63, 3.8) is 0 Å². The molecule has 3 rings (SSSR count). The number of carbonyl (C=O) groups excluding carboxylic acids is 2. The van der Waals surface area contributed by atoms with Gasteiger partial charge in [-0.1, -0.05) is 12.1 Å². The smallest absolute Gasteiger partial charge is 0.225 e. The van der Waals surface area contributed by atoms with E-state index in [1.54, 1.807) is 23.4 Å². The van der Waals surface area contributed by atoms with Crippen LogP contribution in [0.2, 0.25) is 0 Å². The summed E-state index contributed by atoms with van der Waals surface area (Å²) in [5.74, 6) is 0.173. The molecule has 6 nitrogen and oxygen atoms in total. The van der Waals surface area contributed by atoms with E-state index in [0.29, 0.717) is 44.7 Å². The van der Waals surface area contributed by atoms with Crippen LogP contribution in [-0.2, 0) is 22.6 Å². The summed E-state index contributed by atoms with van der Waals surface area (Å²) >= 11 is 0. The number of rotatable bonds is 6. The van der Waals surface area contributed by atoms with Crippen LogP contribution in [0.5, 0.6) is 0 Å². The predicted molar refractivity (Wildman–Crippen MR) is 89.8 cm³/mol. The number of likely N-dealkylation sites (tertiary alicyclic amines) is 1. The number of aromatic amines is 1. The molecule has 2 aromatic rings. The van der Waals surface area contributed by atoms with Gasteiger partial charge in [0.1, 0.15) is 11.6 Å². The number of hydrogen-bond donors (Lipinski definition) is 2. The van der Waals surface area contributed by atoms with E-state index in [4.69, 9.17) is 0 Å². The predicted octanol–water partition coefficient (Wildman–Crippen LogP) is 1.65. The molecule has 2 heterocycles. The standard InChI is InChI=1S/C18H21FN4O2/c19-15-3-1-2-13(10-15)6-9-23-12-14(4-5-17(23)24)18(25)22-11-16-20-7-8-21-16/h1-3,7-8,10,14H,4-6,9,11-12H2,(H,20,21)(H,22,25). The number of amides is 2. The highest BCUT2D eigenvalue weighted by Crippen LogP contribution is 2.18. The van der Waals surface area contributed by atoms with Gasteiger partial charge in [0.15, 0.2) is 0 Å². The van der Waals surface area contributed by atoms with Crippen LogP contribution in [0.25, 0.3) is 0 Å². The summed E-state index contributed by atoms with van der Waals surface area (Å²) < 4.78 is 13.2. The van der Waals surface area contributed by atoms with Gasteiger partial charge in [0.05, 0.1) is 12.5 Å². The second kappa shape index (κ2) is 7.92. The van der Waals surface area contributed by atoms with Crippen molar-refractivity contribution in [2.24, 2.45) is 5.92 Å². The molecular formula is C18H21FN4O2. The highest BCUT2D eigenvalue weighted by atomic mass is 19.1. The first kappa shape index (κ1) is 17.1. The molecule has 1 unspecified atom stereocenters. The lowest BCUT2D eigenvalue weighted by Crippen LogP contribution is -2.46. The molecule has 1 fully saturated rings. The minimum atomic E-state index is -0.280. The average Bonchev–Trinajstić information content (AvgIpc) is 3.12. The Hall–Kier alpha value is -2.70. The quantitative estimate of drug-likeness (QED) is 0.836. The summed E-state index contributed by atoms with van der Waals surface area (Å²) in [4.78, 5) is 33.1. The topological polar surface area (TPSA) is 78.1 Å². The Bertz CT molecular complexity index is 732. The maximum atomic E-state index is 13.2. The summed E-state index contributed by atoms with van der Waals surface area (Å²) in [7, 11) is 0. The Morgan fingerprint density at radius 3 is 3.08 bits per heavy atom. The van der Waals surface area contributed by atoms with Crippen molar-refractivity contribution in [1.29, 1.82) is 0 Å². The molecule has 1 atom stereocenters. The fourth-order valence-electron chi connectivity index (χ4n) is 3.01. The number of hydrogen-bond acceptors (Lipinski definition) is 3. The van der Waals surface area contributed by atoms with Gasteiger partial charge >= 0.3 is 0 Å². The number of H-pyrrole nitrogens is 1. The molecule has 0 bridgehead atoms. The molecule has 1 saturated heterocycles. The monoisotopic (exact) mass is 344 g/mol. The molecule has 1 aliphatic rings. The van der Waals surface area contributed by atoms with Crippen molar-refractivity contribution in [1.82, 2.24) is 20.2 Å². The zero-order valence-electron chi connectivity index (χ0n) is 13.9. The fourth-order valence-corrected chi connectivity index (χ4v) is 3.01. The Labute approximate surface area is 145 Å². The van der Waals surface area contributed by atoms with Crippen molar-refractivity contribution in [2.75, 3.05) is 13.1 Å². The first-order valence-corrected chi connectivity index (χ1v) is 8.40. The van der Waals surface area contributed by atoms with Crippen molar-refractivity contribution in [3.8, 4) is 0 Å². The second-order valence-corrected chi connectivity index (χ2v) is 6.21. The van der Waals surface area contributed by atoms with E-state index in [-0.39, 0.29) is 23.5 Å². The summed E-state index contributed by atoms with van der Waals surface area (Å²) in [6.45, 7) is 1.24. The van der Waals surface area contributed by atoms with Crippen LogP contribution in [0.1, 0.15) is 24.2 Å². The molecule has 0 aliphatic carbocycles. The van der Waals surface area contributed by atoms with E-state index in [2.05, 4.69) is 15.3 Å². The molecule has 1 aromatic carbocycles. The van der Waals surface area contributed by atoms with Gasteiger partial charge in [0.25, 0.3) is 0 Å². The van der Waals surface area contributed by atoms with Crippen molar-refractivity contribution >= 4 is 11.8 Å². The molecule has 132 valence electrons. The molecule has 7 heteroatoms. The van der Waals surface area contributed by atoms with Gasteiger partial charge in [0, 0.05) is 31.9 Å². The van der Waals surface area contributed by atoms with Crippen LogP contribution in [0.15, 0.2) is 36.7 Å². The normalized spacial score (nSPS) is 17.6. The fraction of sp³-hybridized carbons (Fsp3) is 0.389. The second-order valence-electron chi connectivity index (χ2n) is 6.21. The van der Waals surface area contributed by atoms with Gasteiger partial charge in [-0.2, -0.15) is 0 Å². The highest BCUT2D eigenvalue weighted by Gasteiger charge is 2.29. The number of halogens is 1. The maximum absolute atomic E-state index is 13.2. The molecule has 2 N–H and O–H groups in total. The number of nitrogens with one attached hydrogen (secondary N) is 2. The van der Waals surface area contributed by atoms with E-state index >= 15 is 0 Å². The molecule has 25 heavy (non-hydrogen) atoms. The largest absolute Gasteiger partial charge is 0.349 e. The van der Waals surface area contributed by atoms with E-state index in [1.807, 2.05) is 6.07 Å². The summed E-state index contributed by atoms with van der Waals surface area (Å²) in [6.07, 6.45) is 4.83. The van der Waals surface area contributed by atoms with E-state index in [0.717, 1.165) is 5.56 Å². The van der Waals surface area contributed by atoms with E-state index < -0.39 is 0 Å². The molecule has 2 amide bonds. The minimum absolute atomic E-state index is 0.0477. The summed E-state index contributed by atoms with van der Waals surface area (Å²) in [5.41, 5.74) is 0.845. The first-order chi connectivity index (χ1) is 12.1. The number of aromatic nitrogens is 2. The zero-order valence-corrected chi connectivity index (χ0v) is 13.9. The van der Waals surface area contributed by atoms with Gasteiger partial charge in [0.2, 0.25) is 11.8 Å². The van der Waals surface area contributed by atoms with Gasteiger partial charge in [-0.15, -0.1) is 0 Å². The Morgan fingerprint density at radius 1 is 1.44 bits per heavy atom. The van der Waals surface area contributed by atoms with Crippen LogP contribution >= 0.6 is 0 Å². The number of imidazole rings is 1. The Balaban J connectivity index is 1.51. The maximum Gasteiger partial charge on any atom is 0.225 e. The minimum Gasteiger partial charge on any atom is -0.349 e. The van der Waals surface area contributed by atoms with E-state index in [1.165, 1.54) is 12.1 Å². The highest BCUT2D eigenvalue weighted by molar-refractivity contribution is 5.83. The van der Waals surface area contributed by atoms with Gasteiger partial charge in [-0.25, -0.2) is 9.37 Å². The molecule has 0 spiro atoms. The van der Waals surface area contributed by atoms with Crippen LogP contribution < -0.4 is 5.32 Å². The Kier molecular flexibility index (Phi) is 5.42. The van der Waals surface area contributed by atoms with E-state index in [9.17, 15) is 14.0 Å². The zero-order chi connectivity index (χ0) is 17.6. The van der Waals surface area contributed by atoms with Crippen molar-refractivity contribution in [3.05, 3.63) is 53.9 Å². The molecule has 1 aromatic heterocycles. The van der Waals surface area contributed by atoms with Crippen molar-refractivity contribution < 1.29 is 14.0 Å². The third-order valence-electron chi connectivity index (χ3n) is 4.42. The SMILES string of the molecule is O=C(NCc1ncc[nH]1)C1CCC(=O)N(CCc2cccc(F)c2)C1. The molecule has 0 saturated carbocycles.